The number of carbonyl (C=O) groups is 1. The van der Waals surface area contributed by atoms with Gasteiger partial charge in [-0.05, 0) is 68.7 Å². The molecule has 1 aromatic carbocycles. The highest BCUT2D eigenvalue weighted by Crippen LogP contribution is 2.30. The van der Waals surface area contributed by atoms with Crippen LogP contribution in [0, 0.1) is 5.92 Å². The van der Waals surface area contributed by atoms with Gasteiger partial charge in [-0.25, -0.2) is 0 Å². The highest BCUT2D eigenvalue weighted by Gasteiger charge is 2.22. The Balaban J connectivity index is 1.34. The van der Waals surface area contributed by atoms with E-state index in [1.807, 2.05) is 0 Å². The van der Waals surface area contributed by atoms with Crippen LogP contribution in [0.2, 0.25) is 0 Å². The maximum atomic E-state index is 10.5. The maximum Gasteiger partial charge on any atom is 0.293 e. The van der Waals surface area contributed by atoms with Crippen molar-refractivity contribution in [3.8, 4) is 5.75 Å². The van der Waals surface area contributed by atoms with Crippen molar-refractivity contribution in [1.29, 1.82) is 0 Å². The summed E-state index contributed by atoms with van der Waals surface area (Å²) in [6.45, 7) is 5.57. The fraction of sp³-hybridized carbons (Fsp3) is 0.583. The third kappa shape index (κ3) is 5.27. The van der Waals surface area contributed by atoms with Gasteiger partial charge in [0.05, 0.1) is 17.3 Å². The normalized spacial score (nSPS) is 23.8. The molecule has 0 amide bonds. The summed E-state index contributed by atoms with van der Waals surface area (Å²) in [5.74, 6) is 1.85. The molecule has 5 nitrogen and oxygen atoms in total. The lowest BCUT2D eigenvalue weighted by atomic mass is 9.86. The van der Waals surface area contributed by atoms with Crippen LogP contribution in [0.15, 0.2) is 30.3 Å². The molecule has 1 saturated heterocycles. The first-order chi connectivity index (χ1) is 14.2. The van der Waals surface area contributed by atoms with E-state index in [2.05, 4.69) is 42.2 Å². The molecule has 0 bridgehead atoms. The van der Waals surface area contributed by atoms with Crippen LogP contribution in [0.5, 0.6) is 5.75 Å². The average Bonchev–Trinajstić information content (AvgIpc) is 2.76. The zero-order valence-corrected chi connectivity index (χ0v) is 17.4. The first-order valence-corrected chi connectivity index (χ1v) is 11.1. The van der Waals surface area contributed by atoms with E-state index in [9.17, 15) is 4.79 Å². The number of hydrogen-bond donors (Lipinski definition) is 0. The van der Waals surface area contributed by atoms with E-state index in [4.69, 9.17) is 14.5 Å². The topological polar surface area (TPSA) is 51.7 Å². The number of rotatable bonds is 7. The molecular formula is C24H32N2O3. The highest BCUT2D eigenvalue weighted by molar-refractivity contribution is 5.80. The number of pyridine rings is 1. The minimum absolute atomic E-state index is 0.0729. The number of fused-ring (bicyclic) bond motifs is 1. The van der Waals surface area contributed by atoms with Gasteiger partial charge in [0.15, 0.2) is 0 Å². The monoisotopic (exact) mass is 396 g/mol. The zero-order valence-electron chi connectivity index (χ0n) is 17.4. The Morgan fingerprint density at radius 1 is 1.03 bits per heavy atom. The molecule has 5 heteroatoms. The van der Waals surface area contributed by atoms with Gasteiger partial charge in [-0.1, -0.05) is 19.4 Å². The molecule has 2 aliphatic rings. The first-order valence-electron chi connectivity index (χ1n) is 11.1. The smallest absolute Gasteiger partial charge is 0.293 e. The molecule has 156 valence electrons. The van der Waals surface area contributed by atoms with Gasteiger partial charge in [0.2, 0.25) is 0 Å². The van der Waals surface area contributed by atoms with Gasteiger partial charge in [0.1, 0.15) is 11.9 Å². The lowest BCUT2D eigenvalue weighted by Gasteiger charge is -2.30. The summed E-state index contributed by atoms with van der Waals surface area (Å²) in [7, 11) is 0. The zero-order chi connectivity index (χ0) is 20.1. The van der Waals surface area contributed by atoms with Crippen LogP contribution in [0.25, 0.3) is 10.9 Å². The van der Waals surface area contributed by atoms with E-state index in [-0.39, 0.29) is 6.10 Å². The van der Waals surface area contributed by atoms with E-state index in [0.717, 1.165) is 60.7 Å². The maximum absolute atomic E-state index is 10.5. The molecular weight excluding hydrogens is 364 g/mol. The predicted molar refractivity (Wildman–Crippen MR) is 114 cm³/mol. The SMILES string of the molecule is CCC1CCC(Oc2ccc3nc(CN4CCC(OC=O)CC4)ccc3c2)CC1. The number of carbonyl (C=O) groups excluding carboxylic acids is 1. The molecule has 0 N–H and O–H groups in total. The van der Waals surface area contributed by atoms with Gasteiger partial charge in [-0.2, -0.15) is 0 Å². The van der Waals surface area contributed by atoms with Gasteiger partial charge in [0, 0.05) is 25.0 Å². The fourth-order valence-electron chi connectivity index (χ4n) is 4.67. The molecule has 2 fully saturated rings. The van der Waals surface area contributed by atoms with Gasteiger partial charge in [-0.3, -0.25) is 14.7 Å². The van der Waals surface area contributed by atoms with Crippen molar-refractivity contribution in [3.63, 3.8) is 0 Å². The number of aromatic nitrogens is 1. The summed E-state index contributed by atoms with van der Waals surface area (Å²) in [4.78, 5) is 17.7. The second kappa shape index (κ2) is 9.57. The average molecular weight is 397 g/mol. The Hall–Kier alpha value is -2.14. The molecule has 0 atom stereocenters. The molecule has 1 aliphatic carbocycles. The van der Waals surface area contributed by atoms with Crippen molar-refractivity contribution in [2.75, 3.05) is 13.1 Å². The van der Waals surface area contributed by atoms with E-state index >= 15 is 0 Å². The van der Waals surface area contributed by atoms with Crippen molar-refractivity contribution in [2.24, 2.45) is 5.92 Å². The highest BCUT2D eigenvalue weighted by atomic mass is 16.5. The van der Waals surface area contributed by atoms with Crippen molar-refractivity contribution in [2.45, 2.75) is 70.6 Å². The minimum Gasteiger partial charge on any atom is -0.490 e. The standard InChI is InChI=1S/C24H32N2O3/c1-2-18-3-7-22(8-4-18)29-23-9-10-24-19(15-23)5-6-20(25-24)16-26-13-11-21(12-14-26)28-17-27/h5-6,9-10,15,17-18,21-22H,2-4,7-8,11-14,16H2,1H3. The number of piperidine rings is 1. The molecule has 2 heterocycles. The van der Waals surface area contributed by atoms with E-state index in [0.29, 0.717) is 12.6 Å². The van der Waals surface area contributed by atoms with Crippen LogP contribution in [0.4, 0.5) is 0 Å². The minimum atomic E-state index is 0.0729. The second-order valence-electron chi connectivity index (χ2n) is 8.53. The molecule has 1 aromatic heterocycles. The largest absolute Gasteiger partial charge is 0.490 e. The number of likely N-dealkylation sites (tertiary alicyclic amines) is 1. The molecule has 0 unspecified atom stereocenters. The molecule has 0 spiro atoms. The second-order valence-corrected chi connectivity index (χ2v) is 8.53. The summed E-state index contributed by atoms with van der Waals surface area (Å²) in [6.07, 6.45) is 8.43. The molecule has 1 saturated carbocycles. The summed E-state index contributed by atoms with van der Waals surface area (Å²) in [5, 5.41) is 1.13. The first kappa shape index (κ1) is 20.1. The molecule has 29 heavy (non-hydrogen) atoms. The Morgan fingerprint density at radius 3 is 2.55 bits per heavy atom. The van der Waals surface area contributed by atoms with Crippen LogP contribution in [-0.4, -0.2) is 41.7 Å². The van der Waals surface area contributed by atoms with Crippen LogP contribution in [0.3, 0.4) is 0 Å². The van der Waals surface area contributed by atoms with E-state index in [1.165, 1.54) is 32.1 Å². The predicted octanol–water partition coefficient (Wildman–Crippen LogP) is 4.72. The molecule has 2 aromatic rings. The Morgan fingerprint density at radius 2 is 1.83 bits per heavy atom. The molecule has 4 rings (SSSR count). The number of ether oxygens (including phenoxy) is 2. The quantitative estimate of drug-likeness (QED) is 0.634. The molecule has 1 aliphatic heterocycles. The van der Waals surface area contributed by atoms with Crippen LogP contribution in [-0.2, 0) is 16.1 Å². The van der Waals surface area contributed by atoms with Crippen LogP contribution < -0.4 is 4.74 Å². The lowest BCUT2D eigenvalue weighted by molar-refractivity contribution is -0.135. The Labute approximate surface area is 173 Å². The number of hydrogen-bond acceptors (Lipinski definition) is 5. The van der Waals surface area contributed by atoms with Gasteiger partial charge >= 0.3 is 0 Å². The van der Waals surface area contributed by atoms with Crippen LogP contribution >= 0.6 is 0 Å². The summed E-state index contributed by atoms with van der Waals surface area (Å²) >= 11 is 0. The van der Waals surface area contributed by atoms with Crippen LogP contribution in [0.1, 0.15) is 57.6 Å². The summed E-state index contributed by atoms with van der Waals surface area (Å²) in [6, 6.07) is 10.5. The summed E-state index contributed by atoms with van der Waals surface area (Å²) < 4.78 is 11.3. The fourth-order valence-corrected chi connectivity index (χ4v) is 4.67. The van der Waals surface area contributed by atoms with Gasteiger partial charge < -0.3 is 9.47 Å². The third-order valence-corrected chi connectivity index (χ3v) is 6.56. The lowest BCUT2D eigenvalue weighted by Crippen LogP contribution is -2.36. The van der Waals surface area contributed by atoms with E-state index in [1.54, 1.807) is 0 Å². The number of benzene rings is 1. The van der Waals surface area contributed by atoms with Gasteiger partial charge in [0.25, 0.3) is 6.47 Å². The third-order valence-electron chi connectivity index (χ3n) is 6.56. The van der Waals surface area contributed by atoms with Gasteiger partial charge in [-0.15, -0.1) is 0 Å². The van der Waals surface area contributed by atoms with Crippen molar-refractivity contribution < 1.29 is 14.3 Å². The molecule has 0 radical (unpaired) electrons. The summed E-state index contributed by atoms with van der Waals surface area (Å²) in [5.41, 5.74) is 2.10. The number of nitrogens with zero attached hydrogens (tertiary/aromatic N) is 2. The van der Waals surface area contributed by atoms with Crippen molar-refractivity contribution >= 4 is 17.4 Å². The van der Waals surface area contributed by atoms with Crippen molar-refractivity contribution in [1.82, 2.24) is 9.88 Å². The van der Waals surface area contributed by atoms with Crippen molar-refractivity contribution in [3.05, 3.63) is 36.0 Å². The Bertz CT molecular complexity index is 809. The van der Waals surface area contributed by atoms with E-state index < -0.39 is 0 Å². The Kier molecular flexibility index (Phi) is 6.65.